The predicted molar refractivity (Wildman–Crippen MR) is 147 cm³/mol. The van der Waals surface area contributed by atoms with E-state index in [2.05, 4.69) is 17.0 Å². The molecule has 4 saturated carbocycles. The van der Waals surface area contributed by atoms with Crippen molar-refractivity contribution in [2.45, 2.75) is 56.5 Å². The molecule has 2 aromatic carbocycles. The fourth-order valence-electron chi connectivity index (χ4n) is 9.38. The van der Waals surface area contributed by atoms with Gasteiger partial charge >= 0.3 is 0 Å². The number of anilines is 1. The minimum Gasteiger partial charge on any atom is -0.493 e. The summed E-state index contributed by atoms with van der Waals surface area (Å²) in [6, 6.07) is 17.4. The largest absolute Gasteiger partial charge is 0.493 e. The Morgan fingerprint density at radius 3 is 2.18 bits per heavy atom. The van der Waals surface area contributed by atoms with Crippen LogP contribution in [-0.4, -0.2) is 32.1 Å². The molecule has 0 unspecified atom stereocenters. The summed E-state index contributed by atoms with van der Waals surface area (Å²) in [6.45, 7) is 0. The highest BCUT2D eigenvalue weighted by atomic mass is 16.5. The molecule has 4 aliphatic carbocycles. The van der Waals surface area contributed by atoms with Gasteiger partial charge < -0.3 is 14.4 Å². The monoisotopic (exact) mass is 519 g/mol. The number of fused-ring (bicyclic) bond motifs is 3. The van der Waals surface area contributed by atoms with Crippen LogP contribution in [-0.2, 0) is 4.79 Å². The Morgan fingerprint density at radius 2 is 1.56 bits per heavy atom. The summed E-state index contributed by atoms with van der Waals surface area (Å²) < 4.78 is 11.1. The van der Waals surface area contributed by atoms with Gasteiger partial charge in [0.2, 0.25) is 0 Å². The summed E-state index contributed by atoms with van der Waals surface area (Å²) in [4.78, 5) is 17.3. The molecule has 0 amide bonds. The van der Waals surface area contributed by atoms with Crippen molar-refractivity contribution in [3.05, 3.63) is 59.7 Å². The van der Waals surface area contributed by atoms with E-state index in [4.69, 9.17) is 9.47 Å². The first-order valence-corrected chi connectivity index (χ1v) is 14.1. The van der Waals surface area contributed by atoms with E-state index < -0.39 is 23.4 Å². The molecule has 2 aliphatic heterocycles. The molecule has 4 bridgehead atoms. The second-order valence-corrected chi connectivity index (χ2v) is 12.5. The summed E-state index contributed by atoms with van der Waals surface area (Å²) in [5, 5.41) is 21.6. The van der Waals surface area contributed by atoms with Crippen molar-refractivity contribution in [2.75, 3.05) is 19.1 Å². The van der Waals surface area contributed by atoms with Gasteiger partial charge in [0, 0.05) is 17.0 Å². The Kier molecular flexibility index (Phi) is 5.37. The number of methoxy groups -OCH3 is 2. The summed E-state index contributed by atoms with van der Waals surface area (Å²) in [7, 11) is 3.17. The molecule has 1 saturated heterocycles. The van der Waals surface area contributed by atoms with Crippen LogP contribution in [0.4, 0.5) is 5.69 Å². The minimum atomic E-state index is -1.45. The Bertz CT molecular complexity index is 1410. The maximum Gasteiger partial charge on any atom is 0.176 e. The van der Waals surface area contributed by atoms with Crippen LogP contribution < -0.4 is 14.4 Å². The highest BCUT2D eigenvalue weighted by Crippen LogP contribution is 2.64. The van der Waals surface area contributed by atoms with Gasteiger partial charge in [-0.2, -0.15) is 10.5 Å². The van der Waals surface area contributed by atoms with Crippen LogP contribution in [0.5, 0.6) is 11.5 Å². The maximum atomic E-state index is 15.2. The van der Waals surface area contributed by atoms with Crippen molar-refractivity contribution in [3.8, 4) is 23.6 Å². The summed E-state index contributed by atoms with van der Waals surface area (Å²) >= 11 is 0. The van der Waals surface area contributed by atoms with E-state index in [9.17, 15) is 10.5 Å². The lowest BCUT2D eigenvalue weighted by atomic mass is 9.47. The molecule has 8 rings (SSSR count). The van der Waals surface area contributed by atoms with Crippen molar-refractivity contribution < 1.29 is 14.3 Å². The summed E-state index contributed by atoms with van der Waals surface area (Å²) in [5.74, 6) is 2.52. The first-order chi connectivity index (χ1) is 19.0. The number of benzene rings is 2. The highest BCUT2D eigenvalue weighted by molar-refractivity contribution is 5.97. The third-order valence-electron chi connectivity index (χ3n) is 10.5. The molecule has 0 spiro atoms. The number of Topliss-reactive ketones (excluding diaryl/α,β-unsaturated/α-hetero) is 1. The first-order valence-electron chi connectivity index (χ1n) is 14.1. The number of carbonyl (C=O) groups is 1. The van der Waals surface area contributed by atoms with Gasteiger partial charge in [-0.05, 0) is 85.6 Å². The van der Waals surface area contributed by atoms with Gasteiger partial charge in [0.05, 0.1) is 38.4 Å². The molecule has 2 heterocycles. The Balaban J connectivity index is 1.45. The number of para-hydroxylation sites is 1. The molecule has 6 aliphatic rings. The van der Waals surface area contributed by atoms with Crippen LogP contribution in [0, 0.1) is 51.2 Å². The van der Waals surface area contributed by atoms with E-state index in [1.807, 2.05) is 54.6 Å². The number of hydrogen-bond acceptors (Lipinski definition) is 6. The number of carbonyl (C=O) groups excluding carboxylic acids is 1. The number of ether oxygens (including phenoxy) is 2. The van der Waals surface area contributed by atoms with Crippen molar-refractivity contribution in [1.29, 1.82) is 10.5 Å². The molecular weight excluding hydrogens is 486 g/mol. The highest BCUT2D eigenvalue weighted by Gasteiger charge is 2.67. The molecule has 5 fully saturated rings. The van der Waals surface area contributed by atoms with E-state index in [1.54, 1.807) is 14.2 Å². The lowest BCUT2D eigenvalue weighted by molar-refractivity contribution is -0.145. The van der Waals surface area contributed by atoms with E-state index in [1.165, 1.54) is 19.3 Å². The van der Waals surface area contributed by atoms with Gasteiger partial charge in [-0.15, -0.1) is 0 Å². The zero-order valence-corrected chi connectivity index (χ0v) is 22.5. The van der Waals surface area contributed by atoms with E-state index in [-0.39, 0.29) is 11.2 Å². The molecule has 0 radical (unpaired) electrons. The lowest BCUT2D eigenvalue weighted by Crippen LogP contribution is -2.56. The van der Waals surface area contributed by atoms with Gasteiger partial charge in [-0.25, -0.2) is 0 Å². The zero-order valence-electron chi connectivity index (χ0n) is 22.5. The van der Waals surface area contributed by atoms with Crippen LogP contribution in [0.1, 0.15) is 55.6 Å². The van der Waals surface area contributed by atoms with Crippen molar-refractivity contribution in [3.63, 3.8) is 0 Å². The van der Waals surface area contributed by atoms with Crippen LogP contribution >= 0.6 is 0 Å². The molecular formula is C33H33N3O3. The third kappa shape index (κ3) is 3.27. The topological polar surface area (TPSA) is 86.4 Å². The fraction of sp³-hybridized carbons (Fsp3) is 0.485. The van der Waals surface area contributed by atoms with Crippen molar-refractivity contribution in [1.82, 2.24) is 0 Å². The fourth-order valence-corrected chi connectivity index (χ4v) is 9.38. The van der Waals surface area contributed by atoms with Crippen LogP contribution in [0.2, 0.25) is 0 Å². The van der Waals surface area contributed by atoms with E-state index in [0.717, 1.165) is 36.1 Å². The molecule has 6 heteroatoms. The van der Waals surface area contributed by atoms with Gasteiger partial charge in [0.1, 0.15) is 0 Å². The molecule has 0 aromatic heterocycles. The Hall–Kier alpha value is -3.77. The Labute approximate surface area is 229 Å². The molecule has 39 heavy (non-hydrogen) atoms. The molecule has 3 atom stereocenters. The zero-order chi connectivity index (χ0) is 26.9. The van der Waals surface area contributed by atoms with Crippen molar-refractivity contribution >= 4 is 17.5 Å². The second kappa shape index (κ2) is 8.62. The number of ketones is 1. The van der Waals surface area contributed by atoms with Crippen LogP contribution in [0.25, 0.3) is 6.08 Å². The standard InChI is InChI=1S/C33H33N3O3/c1-38-26-9-7-24(14-27(26)39-2)29-30(31(37)32-15-20-11-21(16-32)13-22(12-20)17-32)36-25-6-4-3-5-23(25)8-10-28(36)33(29,18-34)19-35/h3-10,14,20-22,28-30H,11-13,15-17H2,1-2H3/t20?,21?,22?,28-,29-,30+,32?/m1/s1. The Morgan fingerprint density at radius 1 is 0.923 bits per heavy atom. The van der Waals surface area contributed by atoms with Gasteiger partial charge in [0.15, 0.2) is 22.7 Å². The van der Waals surface area contributed by atoms with Gasteiger partial charge in [-0.1, -0.05) is 36.4 Å². The average Bonchev–Trinajstić information content (AvgIpc) is 3.26. The quantitative estimate of drug-likeness (QED) is 0.490. The average molecular weight is 520 g/mol. The molecule has 6 nitrogen and oxygen atoms in total. The van der Waals surface area contributed by atoms with E-state index in [0.29, 0.717) is 29.3 Å². The number of hydrogen-bond donors (Lipinski definition) is 0. The van der Waals surface area contributed by atoms with Crippen LogP contribution in [0.15, 0.2) is 48.5 Å². The normalized spacial score (nSPS) is 34.5. The van der Waals surface area contributed by atoms with Gasteiger partial charge in [0.25, 0.3) is 0 Å². The van der Waals surface area contributed by atoms with E-state index >= 15 is 4.79 Å². The minimum absolute atomic E-state index is 0.226. The molecule has 198 valence electrons. The third-order valence-corrected chi connectivity index (χ3v) is 10.5. The summed E-state index contributed by atoms with van der Waals surface area (Å²) in [6.07, 6.45) is 10.5. The van der Waals surface area contributed by atoms with Crippen LogP contribution in [0.3, 0.4) is 0 Å². The number of nitriles is 2. The smallest absolute Gasteiger partial charge is 0.176 e. The molecule has 0 N–H and O–H groups in total. The predicted octanol–water partition coefficient (Wildman–Crippen LogP) is 5.89. The van der Waals surface area contributed by atoms with Gasteiger partial charge in [-0.3, -0.25) is 4.79 Å². The summed E-state index contributed by atoms with van der Waals surface area (Å²) in [5.41, 5.74) is 0.863. The van der Waals surface area contributed by atoms with Crippen molar-refractivity contribution in [2.24, 2.45) is 28.6 Å². The number of rotatable bonds is 5. The SMILES string of the molecule is COc1ccc([C@@H]2[C@@H](C(=O)C34CC5CC(CC(C5)C3)C4)N3c4ccccc4C=C[C@@H]3C2(C#N)C#N)cc1OC. The first kappa shape index (κ1) is 24.3. The lowest BCUT2D eigenvalue weighted by Gasteiger charge is -2.57. The molecule has 2 aromatic rings. The number of nitrogens with zero attached hydrogens (tertiary/aromatic N) is 3. The second-order valence-electron chi connectivity index (χ2n) is 12.5. The maximum absolute atomic E-state index is 15.2.